The third kappa shape index (κ3) is 3.01. The lowest BCUT2D eigenvalue weighted by Crippen LogP contribution is -2.47. The van der Waals surface area contributed by atoms with E-state index in [1.807, 2.05) is 0 Å². The standard InChI is InChI=1S/C15H17N3O5/c1-4-17-9(2)12(14(19)23-3)13(16-15(17)20)10-6-5-7-11(8-10)18(21)22/h5-8,13H,4H2,1-3H3,(H,16,20)/t13-/m1/s1. The summed E-state index contributed by atoms with van der Waals surface area (Å²) in [7, 11) is 1.25. The van der Waals surface area contributed by atoms with E-state index in [-0.39, 0.29) is 17.3 Å². The van der Waals surface area contributed by atoms with Crippen LogP contribution in [0, 0.1) is 10.1 Å². The van der Waals surface area contributed by atoms with Gasteiger partial charge in [0.15, 0.2) is 0 Å². The highest BCUT2D eigenvalue weighted by Crippen LogP contribution is 2.32. The SMILES string of the molecule is CCN1C(=O)N[C@H](c2cccc([N+](=O)[O-])c2)C(C(=O)OC)=C1C. The van der Waals surface area contributed by atoms with Crippen LogP contribution >= 0.6 is 0 Å². The number of urea groups is 1. The summed E-state index contributed by atoms with van der Waals surface area (Å²) in [4.78, 5) is 36.2. The number of hydrogen-bond acceptors (Lipinski definition) is 5. The Morgan fingerprint density at radius 2 is 2.17 bits per heavy atom. The summed E-state index contributed by atoms with van der Waals surface area (Å²) in [5, 5.41) is 13.6. The fourth-order valence-corrected chi connectivity index (χ4v) is 2.60. The van der Waals surface area contributed by atoms with Crippen molar-refractivity contribution in [1.29, 1.82) is 0 Å². The van der Waals surface area contributed by atoms with Crippen molar-refractivity contribution in [2.24, 2.45) is 0 Å². The molecule has 0 saturated carbocycles. The molecule has 1 heterocycles. The van der Waals surface area contributed by atoms with E-state index in [0.29, 0.717) is 17.8 Å². The van der Waals surface area contributed by atoms with Gasteiger partial charge in [0.05, 0.1) is 23.6 Å². The van der Waals surface area contributed by atoms with Gasteiger partial charge in [-0.15, -0.1) is 0 Å². The summed E-state index contributed by atoms with van der Waals surface area (Å²) in [6.45, 7) is 3.82. The Morgan fingerprint density at radius 1 is 1.48 bits per heavy atom. The number of rotatable bonds is 4. The number of nitrogens with zero attached hydrogens (tertiary/aromatic N) is 2. The number of esters is 1. The molecule has 1 aromatic rings. The van der Waals surface area contributed by atoms with Crippen molar-refractivity contribution < 1.29 is 19.2 Å². The number of hydrogen-bond donors (Lipinski definition) is 1. The molecule has 0 radical (unpaired) electrons. The van der Waals surface area contributed by atoms with Crippen LogP contribution in [0.2, 0.25) is 0 Å². The number of methoxy groups -OCH3 is 1. The Morgan fingerprint density at radius 3 is 2.74 bits per heavy atom. The summed E-state index contributed by atoms with van der Waals surface area (Å²) < 4.78 is 4.81. The lowest BCUT2D eigenvalue weighted by atomic mass is 9.94. The summed E-state index contributed by atoms with van der Waals surface area (Å²) >= 11 is 0. The first-order valence-corrected chi connectivity index (χ1v) is 7.02. The zero-order valence-corrected chi connectivity index (χ0v) is 13.0. The van der Waals surface area contributed by atoms with Crippen molar-refractivity contribution >= 4 is 17.7 Å². The van der Waals surface area contributed by atoms with Crippen LogP contribution in [0.1, 0.15) is 25.5 Å². The third-order valence-corrected chi connectivity index (χ3v) is 3.73. The zero-order valence-electron chi connectivity index (χ0n) is 13.0. The number of carbonyl (C=O) groups excluding carboxylic acids is 2. The second kappa shape index (κ2) is 6.47. The summed E-state index contributed by atoms with van der Waals surface area (Å²) in [5.41, 5.74) is 1.06. The first-order chi connectivity index (χ1) is 10.9. The lowest BCUT2D eigenvalue weighted by molar-refractivity contribution is -0.384. The van der Waals surface area contributed by atoms with Crippen molar-refractivity contribution in [3.05, 3.63) is 51.2 Å². The molecule has 0 spiro atoms. The second-order valence-corrected chi connectivity index (χ2v) is 4.97. The summed E-state index contributed by atoms with van der Waals surface area (Å²) in [5.74, 6) is -0.586. The molecule has 23 heavy (non-hydrogen) atoms. The molecule has 0 unspecified atom stereocenters. The minimum absolute atomic E-state index is 0.114. The largest absolute Gasteiger partial charge is 0.466 e. The van der Waals surface area contributed by atoms with Gasteiger partial charge in [-0.3, -0.25) is 15.0 Å². The van der Waals surface area contributed by atoms with Crippen LogP contribution in [0.15, 0.2) is 35.5 Å². The Labute approximate surface area is 132 Å². The van der Waals surface area contributed by atoms with E-state index in [1.165, 1.54) is 30.2 Å². The van der Waals surface area contributed by atoms with Gasteiger partial charge in [-0.25, -0.2) is 9.59 Å². The molecule has 0 fully saturated rings. The molecule has 0 aliphatic carbocycles. The van der Waals surface area contributed by atoms with Gasteiger partial charge >= 0.3 is 12.0 Å². The minimum Gasteiger partial charge on any atom is -0.466 e. The maximum atomic E-state index is 12.2. The molecule has 2 amide bonds. The molecule has 1 atom stereocenters. The Hall–Kier alpha value is -2.90. The molecule has 1 aromatic carbocycles. The van der Waals surface area contributed by atoms with Crippen LogP contribution in [0.5, 0.6) is 0 Å². The maximum absolute atomic E-state index is 12.2. The highest BCUT2D eigenvalue weighted by Gasteiger charge is 2.36. The van der Waals surface area contributed by atoms with Crippen molar-refractivity contribution in [2.45, 2.75) is 19.9 Å². The van der Waals surface area contributed by atoms with Crippen molar-refractivity contribution in [3.63, 3.8) is 0 Å². The van der Waals surface area contributed by atoms with Gasteiger partial charge in [0.1, 0.15) is 0 Å². The fourth-order valence-electron chi connectivity index (χ4n) is 2.60. The number of nitro benzene ring substituents is 1. The number of allylic oxidation sites excluding steroid dienone is 1. The van der Waals surface area contributed by atoms with Crippen LogP contribution in [-0.4, -0.2) is 35.5 Å². The molecule has 1 N–H and O–H groups in total. The molecule has 2 rings (SSSR count). The van der Waals surface area contributed by atoms with Crippen LogP contribution in [0.25, 0.3) is 0 Å². The van der Waals surface area contributed by atoms with E-state index in [2.05, 4.69) is 5.32 Å². The van der Waals surface area contributed by atoms with E-state index in [1.54, 1.807) is 19.9 Å². The van der Waals surface area contributed by atoms with Gasteiger partial charge in [0, 0.05) is 24.4 Å². The van der Waals surface area contributed by atoms with Gasteiger partial charge in [-0.05, 0) is 19.4 Å². The third-order valence-electron chi connectivity index (χ3n) is 3.73. The van der Waals surface area contributed by atoms with Crippen molar-refractivity contribution in [1.82, 2.24) is 10.2 Å². The Balaban J connectivity index is 2.57. The molecule has 1 aliphatic rings. The number of carbonyl (C=O) groups is 2. The molecular formula is C15H17N3O5. The first kappa shape index (κ1) is 16.5. The van der Waals surface area contributed by atoms with E-state index >= 15 is 0 Å². The normalized spacial score (nSPS) is 17.8. The van der Waals surface area contributed by atoms with Crippen LogP contribution < -0.4 is 5.32 Å². The van der Waals surface area contributed by atoms with Gasteiger partial charge in [0.25, 0.3) is 5.69 Å². The number of non-ortho nitro benzene ring substituents is 1. The van der Waals surface area contributed by atoms with Crippen molar-refractivity contribution in [2.75, 3.05) is 13.7 Å². The highest BCUT2D eigenvalue weighted by atomic mass is 16.6. The molecule has 8 heteroatoms. The first-order valence-electron chi connectivity index (χ1n) is 7.02. The highest BCUT2D eigenvalue weighted by molar-refractivity contribution is 5.95. The molecule has 1 aliphatic heterocycles. The predicted octanol–water partition coefficient (Wildman–Crippen LogP) is 2.13. The molecule has 122 valence electrons. The number of benzene rings is 1. The molecule has 8 nitrogen and oxygen atoms in total. The number of nitrogens with one attached hydrogen (secondary N) is 1. The van der Waals surface area contributed by atoms with Gasteiger partial charge in [0.2, 0.25) is 0 Å². The summed E-state index contributed by atoms with van der Waals surface area (Å²) in [6, 6.07) is 4.65. The smallest absolute Gasteiger partial charge is 0.337 e. The number of nitro groups is 1. The van der Waals surface area contributed by atoms with Crippen LogP contribution in [-0.2, 0) is 9.53 Å². The van der Waals surface area contributed by atoms with Crippen LogP contribution in [0.3, 0.4) is 0 Å². The molecule has 0 saturated heterocycles. The monoisotopic (exact) mass is 319 g/mol. The average molecular weight is 319 g/mol. The molecule has 0 aromatic heterocycles. The molecular weight excluding hydrogens is 302 g/mol. The Kier molecular flexibility index (Phi) is 4.63. The maximum Gasteiger partial charge on any atom is 0.337 e. The van der Waals surface area contributed by atoms with Gasteiger partial charge in [-0.2, -0.15) is 0 Å². The predicted molar refractivity (Wildman–Crippen MR) is 81.5 cm³/mol. The van der Waals surface area contributed by atoms with E-state index in [9.17, 15) is 19.7 Å². The zero-order chi connectivity index (χ0) is 17.1. The van der Waals surface area contributed by atoms with Crippen molar-refractivity contribution in [3.8, 4) is 0 Å². The lowest BCUT2D eigenvalue weighted by Gasteiger charge is -2.34. The van der Waals surface area contributed by atoms with E-state index in [4.69, 9.17) is 4.74 Å². The van der Waals surface area contributed by atoms with Crippen LogP contribution in [0.4, 0.5) is 10.5 Å². The fraction of sp³-hybridized carbons (Fsp3) is 0.333. The number of ether oxygens (including phenoxy) is 1. The number of amides is 2. The molecule has 0 bridgehead atoms. The van der Waals surface area contributed by atoms with E-state index < -0.39 is 16.9 Å². The average Bonchev–Trinajstić information content (AvgIpc) is 2.54. The van der Waals surface area contributed by atoms with E-state index in [0.717, 1.165) is 0 Å². The Bertz CT molecular complexity index is 698. The topological polar surface area (TPSA) is 102 Å². The summed E-state index contributed by atoms with van der Waals surface area (Å²) in [6.07, 6.45) is 0. The van der Waals surface area contributed by atoms with Gasteiger partial charge in [-0.1, -0.05) is 12.1 Å². The minimum atomic E-state index is -0.794. The van der Waals surface area contributed by atoms with Gasteiger partial charge < -0.3 is 10.1 Å². The second-order valence-electron chi connectivity index (χ2n) is 4.97. The quantitative estimate of drug-likeness (QED) is 0.520.